The molecule has 0 radical (unpaired) electrons. The van der Waals surface area contributed by atoms with Crippen molar-refractivity contribution in [3.05, 3.63) is 11.6 Å². The summed E-state index contributed by atoms with van der Waals surface area (Å²) in [4.78, 5) is 12.1. The molecule has 0 aromatic carbocycles. The van der Waals surface area contributed by atoms with E-state index in [1.165, 1.54) is 57.8 Å². The zero-order valence-electron chi connectivity index (χ0n) is 22.0. The van der Waals surface area contributed by atoms with Gasteiger partial charge >= 0.3 is 5.97 Å². The van der Waals surface area contributed by atoms with Gasteiger partial charge in [-0.1, -0.05) is 81.5 Å². The minimum absolute atomic E-state index is 0.0392. The molecule has 0 aromatic heterocycles. The smallest absolute Gasteiger partial charge is 0.306 e. The van der Waals surface area contributed by atoms with Crippen LogP contribution in [0.25, 0.3) is 0 Å². The highest BCUT2D eigenvalue weighted by atomic mass is 79.9. The molecule has 3 saturated carbocycles. The first-order valence-electron chi connectivity index (χ1n) is 14.1. The van der Waals surface area contributed by atoms with Crippen molar-refractivity contribution in [1.29, 1.82) is 0 Å². The fraction of sp³-hybridized carbons (Fsp3) is 0.900. The van der Waals surface area contributed by atoms with Gasteiger partial charge in [0.25, 0.3) is 0 Å². The monoisotopic (exact) mass is 520 g/mol. The van der Waals surface area contributed by atoms with Crippen molar-refractivity contribution in [3.63, 3.8) is 0 Å². The minimum Gasteiger partial charge on any atom is -0.462 e. The second-order valence-electron chi connectivity index (χ2n) is 13.1. The van der Waals surface area contributed by atoms with Gasteiger partial charge in [-0.15, -0.1) is 0 Å². The van der Waals surface area contributed by atoms with Crippen molar-refractivity contribution in [1.82, 2.24) is 0 Å². The van der Waals surface area contributed by atoms with E-state index in [4.69, 9.17) is 4.74 Å². The summed E-state index contributed by atoms with van der Waals surface area (Å²) >= 11 is 3.36. The highest BCUT2D eigenvalue weighted by Gasteiger charge is 2.59. The third-order valence-corrected chi connectivity index (χ3v) is 11.3. The molecule has 0 amide bonds. The van der Waals surface area contributed by atoms with Gasteiger partial charge in [0.05, 0.1) is 6.42 Å². The molecule has 33 heavy (non-hydrogen) atoms. The molecule has 0 aromatic rings. The molecule has 4 rings (SSSR count). The van der Waals surface area contributed by atoms with E-state index in [0.717, 1.165) is 48.3 Å². The lowest BCUT2D eigenvalue weighted by molar-refractivity contribution is -0.151. The third kappa shape index (κ3) is 5.01. The maximum Gasteiger partial charge on any atom is 0.306 e. The molecule has 3 heteroatoms. The van der Waals surface area contributed by atoms with Crippen molar-refractivity contribution in [3.8, 4) is 0 Å². The number of ether oxygens (including phenoxy) is 1. The van der Waals surface area contributed by atoms with Crippen molar-refractivity contribution in [2.45, 2.75) is 118 Å². The van der Waals surface area contributed by atoms with Crippen LogP contribution in [0, 0.1) is 46.3 Å². The normalized spacial score (nSPS) is 41.1. The Bertz CT molecular complexity index is 729. The number of alkyl halides is 1. The summed E-state index contributed by atoms with van der Waals surface area (Å²) in [5.74, 6) is 5.23. The zero-order valence-corrected chi connectivity index (χ0v) is 23.6. The van der Waals surface area contributed by atoms with Crippen LogP contribution in [0.5, 0.6) is 0 Å². The van der Waals surface area contributed by atoms with Crippen molar-refractivity contribution < 1.29 is 9.53 Å². The van der Waals surface area contributed by atoms with E-state index in [1.807, 2.05) is 0 Å². The Hall–Kier alpha value is -0.310. The summed E-state index contributed by atoms with van der Waals surface area (Å²) in [6, 6.07) is 0. The Kier molecular flexibility index (Phi) is 8.09. The van der Waals surface area contributed by atoms with Gasteiger partial charge in [0, 0.05) is 11.8 Å². The number of halogens is 1. The third-order valence-electron chi connectivity index (χ3n) is 10.9. The maximum atomic E-state index is 12.1. The van der Waals surface area contributed by atoms with Crippen molar-refractivity contribution >= 4 is 21.9 Å². The van der Waals surface area contributed by atoms with Crippen LogP contribution in [0.4, 0.5) is 0 Å². The van der Waals surface area contributed by atoms with E-state index >= 15 is 0 Å². The molecule has 0 spiro atoms. The summed E-state index contributed by atoms with van der Waals surface area (Å²) in [6.45, 7) is 12.6. The largest absolute Gasteiger partial charge is 0.462 e. The summed E-state index contributed by atoms with van der Waals surface area (Å²) in [7, 11) is 0. The highest BCUT2D eigenvalue weighted by Crippen LogP contribution is 2.67. The first-order valence-corrected chi connectivity index (χ1v) is 15.3. The van der Waals surface area contributed by atoms with Gasteiger partial charge in [-0.3, -0.25) is 4.79 Å². The Morgan fingerprint density at radius 2 is 1.88 bits per heavy atom. The second kappa shape index (κ2) is 10.4. The molecule has 0 saturated heterocycles. The van der Waals surface area contributed by atoms with E-state index in [9.17, 15) is 4.79 Å². The van der Waals surface area contributed by atoms with Gasteiger partial charge < -0.3 is 4.74 Å². The fourth-order valence-electron chi connectivity index (χ4n) is 9.07. The van der Waals surface area contributed by atoms with Crippen LogP contribution in [0.1, 0.15) is 112 Å². The average molecular weight is 522 g/mol. The number of carbonyl (C=O) groups excluding carboxylic acids is 1. The molecule has 0 aliphatic heterocycles. The molecule has 8 atom stereocenters. The van der Waals surface area contributed by atoms with Gasteiger partial charge in [0.15, 0.2) is 0 Å². The number of allylic oxidation sites excluding steroid dienone is 1. The van der Waals surface area contributed by atoms with Crippen LogP contribution in [0.3, 0.4) is 0 Å². The van der Waals surface area contributed by atoms with Crippen molar-refractivity contribution in [2.75, 3.05) is 5.33 Å². The molecule has 2 nitrogen and oxygen atoms in total. The molecule has 0 N–H and O–H groups in total. The molecular weight excluding hydrogens is 472 g/mol. The van der Waals surface area contributed by atoms with E-state index in [1.54, 1.807) is 5.57 Å². The maximum absolute atomic E-state index is 12.1. The van der Waals surface area contributed by atoms with Crippen LogP contribution >= 0.6 is 15.9 Å². The molecule has 0 heterocycles. The van der Waals surface area contributed by atoms with E-state index in [2.05, 4.69) is 56.6 Å². The summed E-state index contributed by atoms with van der Waals surface area (Å²) in [5.41, 5.74) is 2.51. The summed E-state index contributed by atoms with van der Waals surface area (Å²) < 4.78 is 5.82. The second-order valence-corrected chi connectivity index (χ2v) is 13.9. The zero-order chi connectivity index (χ0) is 23.8. The summed E-state index contributed by atoms with van der Waals surface area (Å²) in [5, 5.41) is 0.695. The van der Waals surface area contributed by atoms with Gasteiger partial charge in [-0.05, 0) is 91.3 Å². The Morgan fingerprint density at radius 3 is 2.61 bits per heavy atom. The quantitative estimate of drug-likeness (QED) is 0.181. The Labute approximate surface area is 212 Å². The van der Waals surface area contributed by atoms with Crippen LogP contribution in [0.15, 0.2) is 11.6 Å². The fourth-order valence-corrected chi connectivity index (χ4v) is 9.40. The summed E-state index contributed by atoms with van der Waals surface area (Å²) in [6.07, 6.45) is 17.7. The molecule has 4 aliphatic rings. The molecule has 0 unspecified atom stereocenters. The van der Waals surface area contributed by atoms with E-state index in [0.29, 0.717) is 22.6 Å². The van der Waals surface area contributed by atoms with Gasteiger partial charge in [0.2, 0.25) is 0 Å². The van der Waals surface area contributed by atoms with Crippen LogP contribution in [-0.2, 0) is 9.53 Å². The number of esters is 1. The van der Waals surface area contributed by atoms with E-state index in [-0.39, 0.29) is 12.1 Å². The van der Waals surface area contributed by atoms with E-state index < -0.39 is 0 Å². The Balaban J connectivity index is 1.43. The number of hydrogen-bond acceptors (Lipinski definition) is 2. The number of hydrogen-bond donors (Lipinski definition) is 0. The molecule has 4 aliphatic carbocycles. The molecule has 188 valence electrons. The lowest BCUT2D eigenvalue weighted by Gasteiger charge is -2.58. The van der Waals surface area contributed by atoms with Crippen LogP contribution in [-0.4, -0.2) is 17.4 Å². The average Bonchev–Trinajstić information content (AvgIpc) is 3.11. The number of carbonyl (C=O) groups is 1. The molecule has 3 fully saturated rings. The predicted molar refractivity (Wildman–Crippen MR) is 141 cm³/mol. The topological polar surface area (TPSA) is 26.3 Å². The lowest BCUT2D eigenvalue weighted by Crippen LogP contribution is -2.51. The first kappa shape index (κ1) is 25.8. The predicted octanol–water partition coefficient (Wildman–Crippen LogP) is 8.72. The van der Waals surface area contributed by atoms with Gasteiger partial charge in [-0.2, -0.15) is 0 Å². The number of rotatable bonds is 8. The minimum atomic E-state index is -0.0392. The highest BCUT2D eigenvalue weighted by molar-refractivity contribution is 9.09. The SMILES string of the molecule is CC(C)CCC[C@H](C)[C@@H]1CC[C@@H]2[C@H]3CC=C4C[C@@H](OC(=O)CCBr)CC[C@]4(C)[C@@H]3CC[C@@]21C. The molecular formula is C30H49BrO2. The standard InChI is InChI=1S/C30H49BrO2/c1-20(2)7-6-8-21(3)25-11-12-26-24-10-9-22-19-23(33-28(32)15-18-31)13-16-29(22,4)27(24)14-17-30(25,26)5/h9,20-21,23-27H,6-8,10-19H2,1-5H3/t21-,23-,24+,25-,26+,27+,29-,30+/m0/s1. The lowest BCUT2D eigenvalue weighted by atomic mass is 9.47. The van der Waals surface area contributed by atoms with Gasteiger partial charge in [-0.25, -0.2) is 0 Å². The Morgan fingerprint density at radius 1 is 1.09 bits per heavy atom. The van der Waals surface area contributed by atoms with Gasteiger partial charge in [0.1, 0.15) is 6.10 Å². The van der Waals surface area contributed by atoms with Crippen LogP contribution in [0.2, 0.25) is 0 Å². The molecule has 0 bridgehead atoms. The number of fused-ring (bicyclic) bond motifs is 5. The van der Waals surface area contributed by atoms with Crippen LogP contribution < -0.4 is 0 Å². The first-order chi connectivity index (χ1) is 15.7. The van der Waals surface area contributed by atoms with Crippen molar-refractivity contribution in [2.24, 2.45) is 46.3 Å².